The van der Waals surface area contributed by atoms with Gasteiger partial charge in [0.15, 0.2) is 12.4 Å². The largest absolute Gasteiger partial charge is 0.495 e. The Morgan fingerprint density at radius 2 is 1.59 bits per heavy atom. The van der Waals surface area contributed by atoms with E-state index in [2.05, 4.69) is 0 Å². The molecule has 32 heavy (non-hydrogen) atoms. The first-order chi connectivity index (χ1) is 15.4. The molecule has 0 N–H and O–H groups in total. The van der Waals surface area contributed by atoms with Crippen LogP contribution in [0.5, 0.6) is 5.75 Å². The molecule has 2 aromatic rings. The highest BCUT2D eigenvalue weighted by atomic mass is 32.2. The summed E-state index contributed by atoms with van der Waals surface area (Å²) in [5, 5.41) is 0. The number of nitrogens with zero attached hydrogens (tertiary/aromatic N) is 1. The van der Waals surface area contributed by atoms with Crippen molar-refractivity contribution in [3.63, 3.8) is 0 Å². The Hall–Kier alpha value is -2.36. The van der Waals surface area contributed by atoms with Crippen molar-refractivity contribution in [3.05, 3.63) is 53.6 Å². The Morgan fingerprint density at radius 1 is 0.969 bits per heavy atom. The number of Topliss-reactive ketones (excluding diaryl/α,β-unsaturated/α-hetero) is 1. The highest BCUT2D eigenvalue weighted by Gasteiger charge is 2.29. The van der Waals surface area contributed by atoms with Gasteiger partial charge in [-0.2, -0.15) is 4.31 Å². The summed E-state index contributed by atoms with van der Waals surface area (Å²) in [4.78, 5) is 25.9. The summed E-state index contributed by atoms with van der Waals surface area (Å²) in [5.74, 6) is -0.943. The van der Waals surface area contributed by atoms with Gasteiger partial charge in [0.2, 0.25) is 10.0 Å². The fourth-order valence-electron chi connectivity index (χ4n) is 3.50. The summed E-state index contributed by atoms with van der Waals surface area (Å²) >= 11 is 1.56. The van der Waals surface area contributed by atoms with E-state index in [1.54, 1.807) is 23.9 Å². The molecular weight excluding hydrogens is 450 g/mol. The first kappa shape index (κ1) is 24.3. The fraction of sp³-hybridized carbons (Fsp3) is 0.391. The van der Waals surface area contributed by atoms with Gasteiger partial charge in [-0.3, -0.25) is 4.79 Å². The lowest BCUT2D eigenvalue weighted by atomic mass is 10.1. The summed E-state index contributed by atoms with van der Waals surface area (Å²) < 4.78 is 38.3. The third-order valence-corrected chi connectivity index (χ3v) is 7.99. The molecule has 2 aromatic carbocycles. The van der Waals surface area contributed by atoms with E-state index in [1.807, 2.05) is 18.4 Å². The molecule has 9 heteroatoms. The minimum absolute atomic E-state index is 0.0460. The van der Waals surface area contributed by atoms with Crippen molar-refractivity contribution in [1.29, 1.82) is 0 Å². The van der Waals surface area contributed by atoms with E-state index in [0.29, 0.717) is 18.7 Å². The number of rotatable bonds is 8. The van der Waals surface area contributed by atoms with Crippen LogP contribution in [-0.2, 0) is 14.8 Å². The van der Waals surface area contributed by atoms with E-state index in [4.69, 9.17) is 9.47 Å². The van der Waals surface area contributed by atoms with Gasteiger partial charge in [0.25, 0.3) is 0 Å². The number of hydrogen-bond donors (Lipinski definition) is 0. The molecule has 1 heterocycles. The van der Waals surface area contributed by atoms with Crippen LogP contribution in [-0.4, -0.2) is 57.5 Å². The average molecular weight is 478 g/mol. The average Bonchev–Trinajstić information content (AvgIpc) is 3.12. The number of thioether (sulfide) groups is 1. The maximum Gasteiger partial charge on any atom is 0.338 e. The van der Waals surface area contributed by atoms with Crippen molar-refractivity contribution in [2.45, 2.75) is 35.5 Å². The quantitative estimate of drug-likeness (QED) is 0.322. The molecule has 172 valence electrons. The van der Waals surface area contributed by atoms with Gasteiger partial charge < -0.3 is 9.47 Å². The molecule has 0 unspecified atom stereocenters. The van der Waals surface area contributed by atoms with Gasteiger partial charge in [-0.1, -0.05) is 25.0 Å². The Kier molecular flexibility index (Phi) is 8.33. The molecule has 7 nitrogen and oxygen atoms in total. The van der Waals surface area contributed by atoms with Gasteiger partial charge >= 0.3 is 5.97 Å². The second-order valence-corrected chi connectivity index (χ2v) is 10.2. The third kappa shape index (κ3) is 5.70. The first-order valence-electron chi connectivity index (χ1n) is 10.4. The van der Waals surface area contributed by atoms with E-state index in [-0.39, 0.29) is 22.0 Å². The lowest BCUT2D eigenvalue weighted by Gasteiger charge is -2.21. The van der Waals surface area contributed by atoms with Crippen LogP contribution in [0.25, 0.3) is 0 Å². The number of carbonyl (C=O) groups excluding carboxylic acids is 2. The predicted molar refractivity (Wildman–Crippen MR) is 123 cm³/mol. The van der Waals surface area contributed by atoms with E-state index in [1.165, 1.54) is 29.6 Å². The molecule has 0 amide bonds. The zero-order valence-electron chi connectivity index (χ0n) is 18.2. The molecule has 0 radical (unpaired) electrons. The second kappa shape index (κ2) is 11.0. The minimum Gasteiger partial charge on any atom is -0.495 e. The molecule has 1 saturated heterocycles. The van der Waals surface area contributed by atoms with Crippen molar-refractivity contribution in [2.75, 3.05) is 33.1 Å². The van der Waals surface area contributed by atoms with E-state index in [0.717, 1.165) is 30.6 Å². The summed E-state index contributed by atoms with van der Waals surface area (Å²) in [7, 11) is -2.45. The number of esters is 1. The molecule has 1 fully saturated rings. The lowest BCUT2D eigenvalue weighted by Crippen LogP contribution is -2.32. The number of ketones is 1. The smallest absolute Gasteiger partial charge is 0.338 e. The number of carbonyl (C=O) groups is 2. The maximum atomic E-state index is 13.2. The van der Waals surface area contributed by atoms with Crippen LogP contribution in [0.15, 0.2) is 52.3 Å². The standard InChI is InChI=1S/C23H27NO6S2/c1-29-21-12-9-18(15-22(21)32(27,28)24-13-5-3-4-6-14-24)23(26)30-16-20(25)17-7-10-19(31-2)11-8-17/h7-12,15H,3-6,13-14,16H2,1-2H3. The first-order valence-corrected chi connectivity index (χ1v) is 13.1. The maximum absolute atomic E-state index is 13.2. The van der Waals surface area contributed by atoms with Crippen molar-refractivity contribution in [3.8, 4) is 5.75 Å². The van der Waals surface area contributed by atoms with Crippen LogP contribution in [0.4, 0.5) is 0 Å². The number of hydrogen-bond acceptors (Lipinski definition) is 7. The van der Waals surface area contributed by atoms with Gasteiger partial charge in [0, 0.05) is 23.5 Å². The number of ether oxygens (including phenoxy) is 2. The highest BCUT2D eigenvalue weighted by Crippen LogP contribution is 2.29. The van der Waals surface area contributed by atoms with Crippen LogP contribution in [0.2, 0.25) is 0 Å². The fourth-order valence-corrected chi connectivity index (χ4v) is 5.61. The summed E-state index contributed by atoms with van der Waals surface area (Å²) in [5.41, 5.74) is 0.486. The Morgan fingerprint density at radius 3 is 2.19 bits per heavy atom. The molecule has 1 aliphatic heterocycles. The minimum atomic E-state index is -3.83. The van der Waals surface area contributed by atoms with Crippen LogP contribution in [0.3, 0.4) is 0 Å². The topological polar surface area (TPSA) is 90.0 Å². The van der Waals surface area contributed by atoms with Gasteiger partial charge in [0.05, 0.1) is 12.7 Å². The number of sulfonamides is 1. The summed E-state index contributed by atoms with van der Waals surface area (Å²) in [6, 6.07) is 11.1. The van der Waals surface area contributed by atoms with Crippen molar-refractivity contribution >= 4 is 33.5 Å². The Bertz CT molecular complexity index is 1060. The zero-order valence-corrected chi connectivity index (χ0v) is 19.8. The molecule has 0 aromatic heterocycles. The van der Waals surface area contributed by atoms with Gasteiger partial charge in [-0.05, 0) is 49.4 Å². The molecule has 1 aliphatic rings. The second-order valence-electron chi connectivity index (χ2n) is 7.41. The van der Waals surface area contributed by atoms with Crippen LogP contribution in [0.1, 0.15) is 46.4 Å². The predicted octanol–water partition coefficient (Wildman–Crippen LogP) is 4.02. The molecule has 0 aliphatic carbocycles. The van der Waals surface area contributed by atoms with E-state index < -0.39 is 22.6 Å². The van der Waals surface area contributed by atoms with Gasteiger partial charge in [-0.25, -0.2) is 13.2 Å². The molecule has 0 bridgehead atoms. The Labute approximate surface area is 193 Å². The number of methoxy groups -OCH3 is 1. The summed E-state index contributed by atoms with van der Waals surface area (Å²) in [6.45, 7) is 0.436. The number of benzene rings is 2. The van der Waals surface area contributed by atoms with E-state index >= 15 is 0 Å². The van der Waals surface area contributed by atoms with Crippen molar-refractivity contribution in [2.24, 2.45) is 0 Å². The Balaban J connectivity index is 1.76. The van der Waals surface area contributed by atoms with Crippen LogP contribution in [0, 0.1) is 0 Å². The molecule has 0 spiro atoms. The molecule has 3 rings (SSSR count). The monoisotopic (exact) mass is 477 g/mol. The SMILES string of the molecule is COc1ccc(C(=O)OCC(=O)c2ccc(SC)cc2)cc1S(=O)(=O)N1CCCCCC1. The van der Waals surface area contributed by atoms with Gasteiger partial charge in [-0.15, -0.1) is 11.8 Å². The lowest BCUT2D eigenvalue weighted by molar-refractivity contribution is 0.0474. The van der Waals surface area contributed by atoms with Crippen molar-refractivity contribution in [1.82, 2.24) is 4.31 Å². The third-order valence-electron chi connectivity index (χ3n) is 5.33. The van der Waals surface area contributed by atoms with Crippen LogP contribution < -0.4 is 4.74 Å². The molecule has 0 saturated carbocycles. The van der Waals surface area contributed by atoms with Crippen molar-refractivity contribution < 1.29 is 27.5 Å². The summed E-state index contributed by atoms with van der Waals surface area (Å²) in [6.07, 6.45) is 5.51. The highest BCUT2D eigenvalue weighted by molar-refractivity contribution is 7.98. The van der Waals surface area contributed by atoms with E-state index in [9.17, 15) is 18.0 Å². The normalized spacial score (nSPS) is 15.1. The zero-order chi connectivity index (χ0) is 23.1. The van der Waals surface area contributed by atoms with Gasteiger partial charge in [0.1, 0.15) is 10.6 Å². The molecule has 0 atom stereocenters. The molecular formula is C23H27NO6S2. The van der Waals surface area contributed by atoms with Crippen LogP contribution >= 0.6 is 11.8 Å².